The summed E-state index contributed by atoms with van der Waals surface area (Å²) in [7, 11) is 0. The standard InChI is InChI=1S/C13H16Cl3N/c1-4-5-8(2)17-9(3)10-6-7-11(14)13(16)12(10)15/h4,6-9,17H,1,5H2,2-3H3. The first-order valence-electron chi connectivity index (χ1n) is 5.47. The van der Waals surface area contributed by atoms with Gasteiger partial charge in [-0.3, -0.25) is 0 Å². The Kier molecular flexibility index (Phi) is 5.81. The predicted octanol–water partition coefficient (Wildman–Crippen LogP) is 5.26. The van der Waals surface area contributed by atoms with Crippen LogP contribution in [0.1, 0.15) is 31.9 Å². The summed E-state index contributed by atoms with van der Waals surface area (Å²) in [5, 5.41) is 4.84. The van der Waals surface area contributed by atoms with E-state index in [1.165, 1.54) is 0 Å². The summed E-state index contributed by atoms with van der Waals surface area (Å²) in [6.45, 7) is 7.87. The van der Waals surface area contributed by atoms with E-state index in [9.17, 15) is 0 Å². The molecule has 0 aliphatic carbocycles. The Hall–Kier alpha value is -0.210. The Balaban J connectivity index is 2.86. The molecule has 0 fully saturated rings. The van der Waals surface area contributed by atoms with Crippen LogP contribution in [-0.2, 0) is 0 Å². The Bertz CT molecular complexity index is 404. The summed E-state index contributed by atoms with van der Waals surface area (Å²) in [5.41, 5.74) is 0.956. The summed E-state index contributed by atoms with van der Waals surface area (Å²) in [5.74, 6) is 0. The molecule has 1 nitrogen and oxygen atoms in total. The van der Waals surface area contributed by atoms with Gasteiger partial charge in [0.2, 0.25) is 0 Å². The lowest BCUT2D eigenvalue weighted by Crippen LogP contribution is -2.28. The van der Waals surface area contributed by atoms with Gasteiger partial charge in [-0.15, -0.1) is 6.58 Å². The van der Waals surface area contributed by atoms with Crippen molar-refractivity contribution in [3.05, 3.63) is 45.4 Å². The molecule has 0 heterocycles. The fraction of sp³-hybridized carbons (Fsp3) is 0.385. The van der Waals surface area contributed by atoms with Crippen LogP contribution in [0.2, 0.25) is 15.1 Å². The lowest BCUT2D eigenvalue weighted by atomic mass is 10.1. The van der Waals surface area contributed by atoms with Crippen LogP contribution in [0, 0.1) is 0 Å². The van der Waals surface area contributed by atoms with E-state index in [0.29, 0.717) is 21.1 Å². The first kappa shape index (κ1) is 14.8. The molecule has 2 atom stereocenters. The Labute approximate surface area is 118 Å². The Morgan fingerprint density at radius 3 is 2.47 bits per heavy atom. The van der Waals surface area contributed by atoms with Crippen LogP contribution in [0.4, 0.5) is 0 Å². The minimum Gasteiger partial charge on any atom is -0.307 e. The number of rotatable bonds is 5. The van der Waals surface area contributed by atoms with Crippen LogP contribution in [0.3, 0.4) is 0 Å². The molecule has 94 valence electrons. The highest BCUT2D eigenvalue weighted by atomic mass is 35.5. The van der Waals surface area contributed by atoms with E-state index in [1.54, 1.807) is 6.07 Å². The van der Waals surface area contributed by atoms with E-state index in [2.05, 4.69) is 18.8 Å². The van der Waals surface area contributed by atoms with Gasteiger partial charge in [-0.2, -0.15) is 0 Å². The molecule has 0 bridgehead atoms. The summed E-state index contributed by atoms with van der Waals surface area (Å²) < 4.78 is 0. The number of benzene rings is 1. The largest absolute Gasteiger partial charge is 0.307 e. The maximum absolute atomic E-state index is 6.18. The lowest BCUT2D eigenvalue weighted by Gasteiger charge is -2.21. The van der Waals surface area contributed by atoms with Crippen molar-refractivity contribution in [2.45, 2.75) is 32.4 Å². The summed E-state index contributed by atoms with van der Waals surface area (Å²) in [6, 6.07) is 4.12. The molecule has 0 radical (unpaired) electrons. The molecule has 1 aromatic rings. The third-order valence-corrected chi connectivity index (χ3v) is 3.89. The molecule has 0 saturated heterocycles. The van der Waals surface area contributed by atoms with E-state index in [4.69, 9.17) is 34.8 Å². The fourth-order valence-corrected chi connectivity index (χ4v) is 2.42. The molecule has 1 N–H and O–H groups in total. The van der Waals surface area contributed by atoms with Crippen molar-refractivity contribution < 1.29 is 0 Å². The second kappa shape index (κ2) is 6.65. The van der Waals surface area contributed by atoms with Crippen LogP contribution < -0.4 is 5.32 Å². The normalized spacial score (nSPS) is 14.4. The van der Waals surface area contributed by atoms with Crippen molar-refractivity contribution in [1.29, 1.82) is 0 Å². The quantitative estimate of drug-likeness (QED) is 0.576. The van der Waals surface area contributed by atoms with Crippen molar-refractivity contribution in [3.8, 4) is 0 Å². The molecule has 0 aliphatic rings. The Morgan fingerprint density at radius 2 is 1.88 bits per heavy atom. The highest BCUT2D eigenvalue weighted by molar-refractivity contribution is 6.48. The maximum atomic E-state index is 6.18. The molecule has 1 rings (SSSR count). The lowest BCUT2D eigenvalue weighted by molar-refractivity contribution is 0.483. The van der Waals surface area contributed by atoms with E-state index in [0.717, 1.165) is 12.0 Å². The summed E-state index contributed by atoms with van der Waals surface area (Å²) in [4.78, 5) is 0. The van der Waals surface area contributed by atoms with Crippen molar-refractivity contribution in [2.75, 3.05) is 0 Å². The predicted molar refractivity (Wildman–Crippen MR) is 77.3 cm³/mol. The highest BCUT2D eigenvalue weighted by Crippen LogP contribution is 2.35. The molecule has 0 spiro atoms. The third kappa shape index (κ3) is 3.89. The minimum atomic E-state index is 0.118. The van der Waals surface area contributed by atoms with Crippen molar-refractivity contribution in [1.82, 2.24) is 5.32 Å². The number of halogens is 3. The van der Waals surface area contributed by atoms with Gasteiger partial charge in [-0.1, -0.05) is 46.9 Å². The SMILES string of the molecule is C=CCC(C)NC(C)c1ccc(Cl)c(Cl)c1Cl. The smallest absolute Gasteiger partial charge is 0.0781 e. The molecule has 0 amide bonds. The third-order valence-electron chi connectivity index (χ3n) is 2.59. The van der Waals surface area contributed by atoms with E-state index < -0.39 is 0 Å². The van der Waals surface area contributed by atoms with Crippen molar-refractivity contribution >= 4 is 34.8 Å². The van der Waals surface area contributed by atoms with E-state index in [1.807, 2.05) is 19.1 Å². The highest BCUT2D eigenvalue weighted by Gasteiger charge is 2.15. The Morgan fingerprint density at radius 1 is 1.24 bits per heavy atom. The topological polar surface area (TPSA) is 12.0 Å². The number of hydrogen-bond acceptors (Lipinski definition) is 1. The van der Waals surface area contributed by atoms with Crippen LogP contribution >= 0.6 is 34.8 Å². The molecule has 2 unspecified atom stereocenters. The van der Waals surface area contributed by atoms with Gasteiger partial charge in [0, 0.05) is 12.1 Å². The molecular weight excluding hydrogens is 277 g/mol. The van der Waals surface area contributed by atoms with E-state index in [-0.39, 0.29) is 6.04 Å². The van der Waals surface area contributed by atoms with Gasteiger partial charge in [-0.25, -0.2) is 0 Å². The average molecular weight is 293 g/mol. The summed E-state index contributed by atoms with van der Waals surface area (Å²) in [6.07, 6.45) is 2.80. The second-order valence-electron chi connectivity index (χ2n) is 4.08. The maximum Gasteiger partial charge on any atom is 0.0781 e. The number of hydrogen-bond donors (Lipinski definition) is 1. The fourth-order valence-electron chi connectivity index (χ4n) is 1.71. The molecule has 1 aromatic carbocycles. The molecule has 17 heavy (non-hydrogen) atoms. The molecule has 0 saturated carbocycles. The first-order chi connectivity index (χ1) is 7.97. The molecular formula is C13H16Cl3N. The van der Waals surface area contributed by atoms with Crippen LogP contribution in [0.15, 0.2) is 24.8 Å². The zero-order valence-electron chi connectivity index (χ0n) is 9.93. The van der Waals surface area contributed by atoms with Crippen LogP contribution in [-0.4, -0.2) is 6.04 Å². The summed E-state index contributed by atoms with van der Waals surface area (Å²) >= 11 is 18.1. The van der Waals surface area contributed by atoms with Gasteiger partial charge in [0.05, 0.1) is 15.1 Å². The van der Waals surface area contributed by atoms with Gasteiger partial charge >= 0.3 is 0 Å². The molecule has 0 aliphatic heterocycles. The van der Waals surface area contributed by atoms with Gasteiger partial charge in [-0.05, 0) is 31.9 Å². The average Bonchev–Trinajstić information content (AvgIpc) is 2.26. The molecule has 4 heteroatoms. The van der Waals surface area contributed by atoms with Crippen molar-refractivity contribution in [2.24, 2.45) is 0 Å². The minimum absolute atomic E-state index is 0.118. The van der Waals surface area contributed by atoms with Gasteiger partial charge < -0.3 is 5.32 Å². The van der Waals surface area contributed by atoms with E-state index >= 15 is 0 Å². The monoisotopic (exact) mass is 291 g/mol. The van der Waals surface area contributed by atoms with Gasteiger partial charge in [0.15, 0.2) is 0 Å². The van der Waals surface area contributed by atoms with Crippen LogP contribution in [0.5, 0.6) is 0 Å². The first-order valence-corrected chi connectivity index (χ1v) is 6.61. The van der Waals surface area contributed by atoms with Gasteiger partial charge in [0.25, 0.3) is 0 Å². The zero-order valence-corrected chi connectivity index (χ0v) is 12.2. The van der Waals surface area contributed by atoms with Gasteiger partial charge in [0.1, 0.15) is 0 Å². The molecule has 0 aromatic heterocycles. The van der Waals surface area contributed by atoms with Crippen LogP contribution in [0.25, 0.3) is 0 Å². The second-order valence-corrected chi connectivity index (χ2v) is 5.24. The number of nitrogens with one attached hydrogen (secondary N) is 1. The van der Waals surface area contributed by atoms with Crippen molar-refractivity contribution in [3.63, 3.8) is 0 Å². The zero-order chi connectivity index (χ0) is 13.0.